The molecule has 0 spiro atoms. The Balaban J connectivity index is 2.33. The van der Waals surface area contributed by atoms with Crippen molar-refractivity contribution < 1.29 is 4.65 Å². The molecule has 1 nitrogen and oxygen atoms in total. The SMILES string of the molecule is B1OC=C2C=CC=CC12. The van der Waals surface area contributed by atoms with Crippen molar-refractivity contribution in [2.24, 2.45) is 0 Å². The molecule has 1 aliphatic carbocycles. The highest BCUT2D eigenvalue weighted by Gasteiger charge is 2.19. The topological polar surface area (TPSA) is 9.23 Å². The van der Waals surface area contributed by atoms with Gasteiger partial charge in [-0.05, 0) is 5.57 Å². The molecular formula is C7H7BO. The molecule has 0 saturated carbocycles. The molecular weight excluding hydrogens is 111 g/mol. The van der Waals surface area contributed by atoms with Crippen LogP contribution >= 0.6 is 0 Å². The van der Waals surface area contributed by atoms with E-state index in [2.05, 4.69) is 18.2 Å². The zero-order chi connectivity index (χ0) is 6.10. The quantitative estimate of drug-likeness (QED) is 0.433. The van der Waals surface area contributed by atoms with E-state index in [1.54, 1.807) is 0 Å². The van der Waals surface area contributed by atoms with E-state index in [1.165, 1.54) is 5.57 Å². The van der Waals surface area contributed by atoms with Gasteiger partial charge in [-0.3, -0.25) is 0 Å². The molecule has 0 fully saturated rings. The highest BCUT2D eigenvalue weighted by atomic mass is 16.4. The molecule has 0 saturated heterocycles. The van der Waals surface area contributed by atoms with Gasteiger partial charge in [-0.1, -0.05) is 24.3 Å². The minimum atomic E-state index is 0.537. The number of allylic oxidation sites excluding steroid dienone is 5. The molecule has 0 aromatic heterocycles. The van der Waals surface area contributed by atoms with Crippen LogP contribution in [0.1, 0.15) is 0 Å². The van der Waals surface area contributed by atoms with E-state index < -0.39 is 0 Å². The third-order valence-corrected chi connectivity index (χ3v) is 1.67. The van der Waals surface area contributed by atoms with Gasteiger partial charge in [0.05, 0.1) is 6.26 Å². The molecule has 1 unspecified atom stereocenters. The molecule has 0 N–H and O–H groups in total. The van der Waals surface area contributed by atoms with Crippen LogP contribution in [-0.2, 0) is 4.65 Å². The van der Waals surface area contributed by atoms with Gasteiger partial charge in [-0.2, -0.15) is 0 Å². The maximum Gasteiger partial charge on any atom is 0.350 e. The van der Waals surface area contributed by atoms with Crippen molar-refractivity contribution in [2.45, 2.75) is 5.82 Å². The Morgan fingerprint density at radius 1 is 1.44 bits per heavy atom. The van der Waals surface area contributed by atoms with Crippen LogP contribution in [0, 0.1) is 0 Å². The molecule has 2 aliphatic rings. The van der Waals surface area contributed by atoms with Crippen LogP contribution in [0.2, 0.25) is 5.82 Å². The van der Waals surface area contributed by atoms with Gasteiger partial charge in [-0.25, -0.2) is 0 Å². The Labute approximate surface area is 55.0 Å². The Hall–Kier alpha value is -0.915. The van der Waals surface area contributed by atoms with Crippen molar-refractivity contribution in [3.63, 3.8) is 0 Å². The lowest BCUT2D eigenvalue weighted by Crippen LogP contribution is -1.97. The van der Waals surface area contributed by atoms with Crippen molar-refractivity contribution in [3.8, 4) is 0 Å². The first-order valence-corrected chi connectivity index (χ1v) is 3.13. The minimum absolute atomic E-state index is 0.537. The molecule has 1 atom stereocenters. The van der Waals surface area contributed by atoms with Crippen LogP contribution in [0.4, 0.5) is 0 Å². The first kappa shape index (κ1) is 4.92. The van der Waals surface area contributed by atoms with Gasteiger partial charge in [0, 0.05) is 5.82 Å². The highest BCUT2D eigenvalue weighted by molar-refractivity contribution is 6.33. The summed E-state index contributed by atoms with van der Waals surface area (Å²) in [5, 5.41) is 0. The highest BCUT2D eigenvalue weighted by Crippen LogP contribution is 2.27. The fourth-order valence-electron chi connectivity index (χ4n) is 1.13. The zero-order valence-electron chi connectivity index (χ0n) is 5.08. The summed E-state index contributed by atoms with van der Waals surface area (Å²) in [4.78, 5) is 0. The molecule has 9 heavy (non-hydrogen) atoms. The second kappa shape index (κ2) is 1.80. The van der Waals surface area contributed by atoms with Gasteiger partial charge in [0.15, 0.2) is 0 Å². The van der Waals surface area contributed by atoms with Gasteiger partial charge in [0.25, 0.3) is 0 Å². The summed E-state index contributed by atoms with van der Waals surface area (Å²) in [5.74, 6) is 0.537. The zero-order valence-corrected chi connectivity index (χ0v) is 5.08. The third-order valence-electron chi connectivity index (χ3n) is 1.67. The molecule has 0 radical (unpaired) electrons. The second-order valence-electron chi connectivity index (χ2n) is 2.30. The maximum atomic E-state index is 5.13. The van der Waals surface area contributed by atoms with Crippen LogP contribution in [0.5, 0.6) is 0 Å². The van der Waals surface area contributed by atoms with Gasteiger partial charge in [0.2, 0.25) is 0 Å². The summed E-state index contributed by atoms with van der Waals surface area (Å²) in [6.07, 6.45) is 10.2. The first-order valence-electron chi connectivity index (χ1n) is 3.13. The Morgan fingerprint density at radius 3 is 3.33 bits per heavy atom. The molecule has 44 valence electrons. The summed E-state index contributed by atoms with van der Waals surface area (Å²) < 4.78 is 5.13. The van der Waals surface area contributed by atoms with Gasteiger partial charge in [0.1, 0.15) is 0 Å². The lowest BCUT2D eigenvalue weighted by molar-refractivity contribution is 0.529. The average molecular weight is 118 g/mol. The van der Waals surface area contributed by atoms with Crippen molar-refractivity contribution in [1.29, 1.82) is 0 Å². The summed E-state index contributed by atoms with van der Waals surface area (Å²) in [6, 6.07) is 0. The fourth-order valence-corrected chi connectivity index (χ4v) is 1.13. The summed E-state index contributed by atoms with van der Waals surface area (Å²) >= 11 is 0. The van der Waals surface area contributed by atoms with Crippen molar-refractivity contribution >= 4 is 7.48 Å². The van der Waals surface area contributed by atoms with E-state index in [4.69, 9.17) is 4.65 Å². The Morgan fingerprint density at radius 2 is 2.44 bits per heavy atom. The number of hydrogen-bond donors (Lipinski definition) is 0. The summed E-state index contributed by atoms with van der Waals surface area (Å²) in [5.41, 5.74) is 1.30. The molecule has 0 aromatic carbocycles. The maximum absolute atomic E-state index is 5.13. The van der Waals surface area contributed by atoms with E-state index in [1.807, 2.05) is 12.3 Å². The lowest BCUT2D eigenvalue weighted by atomic mass is 9.75. The number of fused-ring (bicyclic) bond motifs is 1. The van der Waals surface area contributed by atoms with E-state index in [0.717, 1.165) is 7.48 Å². The predicted octanol–water partition coefficient (Wildman–Crippen LogP) is 1.17. The van der Waals surface area contributed by atoms with E-state index in [9.17, 15) is 0 Å². The molecule has 0 bridgehead atoms. The molecule has 1 aliphatic heterocycles. The summed E-state index contributed by atoms with van der Waals surface area (Å²) in [7, 11) is 0.830. The molecule has 2 heteroatoms. The van der Waals surface area contributed by atoms with E-state index >= 15 is 0 Å². The van der Waals surface area contributed by atoms with Gasteiger partial charge >= 0.3 is 7.48 Å². The number of rotatable bonds is 0. The Kier molecular flexibility index (Phi) is 0.981. The third kappa shape index (κ3) is 0.708. The van der Waals surface area contributed by atoms with Crippen molar-refractivity contribution in [1.82, 2.24) is 0 Å². The van der Waals surface area contributed by atoms with Crippen molar-refractivity contribution in [2.75, 3.05) is 0 Å². The van der Waals surface area contributed by atoms with Crippen LogP contribution in [0.25, 0.3) is 0 Å². The molecule has 0 aromatic rings. The number of hydrogen-bond acceptors (Lipinski definition) is 1. The molecule has 1 heterocycles. The first-order chi connectivity index (χ1) is 4.47. The standard InChI is InChI=1S/C7H7BO/c1-2-4-7-6(3-1)5-9-8-7/h1-5,7-8H. The van der Waals surface area contributed by atoms with Crippen LogP contribution in [0.15, 0.2) is 36.1 Å². The van der Waals surface area contributed by atoms with Gasteiger partial charge in [-0.15, -0.1) is 0 Å². The predicted molar refractivity (Wildman–Crippen MR) is 38.3 cm³/mol. The fraction of sp³-hybridized carbons (Fsp3) is 0.143. The smallest absolute Gasteiger partial charge is 0.350 e. The van der Waals surface area contributed by atoms with Crippen LogP contribution in [-0.4, -0.2) is 7.48 Å². The largest absolute Gasteiger partial charge is 0.568 e. The molecule has 2 rings (SSSR count). The molecule has 0 amide bonds. The normalized spacial score (nSPS) is 28.4. The summed E-state index contributed by atoms with van der Waals surface area (Å²) in [6.45, 7) is 0. The van der Waals surface area contributed by atoms with Gasteiger partial charge < -0.3 is 4.65 Å². The Bertz CT molecular complexity index is 200. The van der Waals surface area contributed by atoms with E-state index in [0.29, 0.717) is 5.82 Å². The average Bonchev–Trinajstić information content (AvgIpc) is 2.33. The van der Waals surface area contributed by atoms with Crippen LogP contribution < -0.4 is 0 Å². The minimum Gasteiger partial charge on any atom is -0.568 e. The van der Waals surface area contributed by atoms with Crippen molar-refractivity contribution in [3.05, 3.63) is 36.1 Å². The monoisotopic (exact) mass is 118 g/mol. The second-order valence-corrected chi connectivity index (χ2v) is 2.30. The van der Waals surface area contributed by atoms with Crippen LogP contribution in [0.3, 0.4) is 0 Å². The lowest BCUT2D eigenvalue weighted by Gasteiger charge is -2.03. The van der Waals surface area contributed by atoms with E-state index in [-0.39, 0.29) is 0 Å².